The summed E-state index contributed by atoms with van der Waals surface area (Å²) in [6.45, 7) is 6.66. The van der Waals surface area contributed by atoms with E-state index in [1.807, 2.05) is 13.1 Å². The van der Waals surface area contributed by atoms with Crippen LogP contribution in [0.2, 0.25) is 0 Å². The van der Waals surface area contributed by atoms with Crippen LogP contribution in [0.5, 0.6) is 0 Å². The Bertz CT molecular complexity index is 395. The van der Waals surface area contributed by atoms with Crippen LogP contribution in [0.4, 0.5) is 0 Å². The Balaban J connectivity index is 2.52. The van der Waals surface area contributed by atoms with E-state index in [1.54, 1.807) is 0 Å². The van der Waals surface area contributed by atoms with Crippen LogP contribution in [0.25, 0.3) is 0 Å². The number of rotatable bonds is 0. The minimum absolute atomic E-state index is 0.0488. The molecule has 2 aliphatic rings. The second-order valence-electron chi connectivity index (χ2n) is 4.97. The molecule has 0 aromatic heterocycles. The summed E-state index contributed by atoms with van der Waals surface area (Å²) in [7, 11) is 1.83. The SMILES string of the molecule is CN=C1C=CC=C2C1=NC(C)(C)CC2C. The minimum atomic E-state index is 0.0488. The van der Waals surface area contributed by atoms with E-state index in [2.05, 4.69) is 37.9 Å². The van der Waals surface area contributed by atoms with Crippen LogP contribution in [-0.4, -0.2) is 24.0 Å². The van der Waals surface area contributed by atoms with E-state index < -0.39 is 0 Å². The van der Waals surface area contributed by atoms with Crippen LogP contribution < -0.4 is 0 Å². The molecule has 1 aliphatic carbocycles. The Morgan fingerprint density at radius 3 is 2.87 bits per heavy atom. The maximum absolute atomic E-state index is 4.81. The van der Waals surface area contributed by atoms with Crippen LogP contribution >= 0.6 is 0 Å². The third-order valence-corrected chi connectivity index (χ3v) is 3.04. The highest BCUT2D eigenvalue weighted by molar-refractivity contribution is 6.53. The summed E-state index contributed by atoms with van der Waals surface area (Å²) in [5.41, 5.74) is 3.51. The van der Waals surface area contributed by atoms with Gasteiger partial charge in [0.2, 0.25) is 0 Å². The molecule has 80 valence electrons. The summed E-state index contributed by atoms with van der Waals surface area (Å²) in [4.78, 5) is 9.10. The van der Waals surface area contributed by atoms with Crippen molar-refractivity contribution in [2.75, 3.05) is 7.05 Å². The molecule has 0 aromatic carbocycles. The average Bonchev–Trinajstić information content (AvgIpc) is 2.15. The molecule has 0 fully saturated rings. The Morgan fingerprint density at radius 1 is 1.47 bits per heavy atom. The zero-order chi connectivity index (χ0) is 11.1. The number of fused-ring (bicyclic) bond motifs is 1. The average molecular weight is 202 g/mol. The number of nitrogens with zero attached hydrogens (tertiary/aromatic N) is 2. The monoisotopic (exact) mass is 202 g/mol. The molecule has 0 N–H and O–H groups in total. The third kappa shape index (κ3) is 1.81. The van der Waals surface area contributed by atoms with Gasteiger partial charge in [0, 0.05) is 7.05 Å². The molecular formula is C13H18N2. The maximum atomic E-state index is 4.81. The van der Waals surface area contributed by atoms with Gasteiger partial charge < -0.3 is 0 Å². The summed E-state index contributed by atoms with van der Waals surface area (Å²) in [6.07, 6.45) is 7.41. The number of allylic oxidation sites excluding steroid dienone is 4. The fourth-order valence-corrected chi connectivity index (χ4v) is 2.46. The number of hydrogen-bond acceptors (Lipinski definition) is 2. The van der Waals surface area contributed by atoms with Gasteiger partial charge in [-0.05, 0) is 37.8 Å². The van der Waals surface area contributed by atoms with Gasteiger partial charge in [-0.2, -0.15) is 0 Å². The van der Waals surface area contributed by atoms with Crippen LogP contribution in [-0.2, 0) is 0 Å². The zero-order valence-electron chi connectivity index (χ0n) is 9.91. The molecule has 0 aromatic rings. The molecule has 2 nitrogen and oxygen atoms in total. The van der Waals surface area contributed by atoms with Crippen molar-refractivity contribution in [2.24, 2.45) is 15.9 Å². The predicted octanol–water partition coefficient (Wildman–Crippen LogP) is 2.81. The molecule has 0 radical (unpaired) electrons. The van der Waals surface area contributed by atoms with Crippen molar-refractivity contribution < 1.29 is 0 Å². The van der Waals surface area contributed by atoms with Crippen molar-refractivity contribution in [1.82, 2.24) is 0 Å². The van der Waals surface area contributed by atoms with E-state index in [0.29, 0.717) is 5.92 Å². The van der Waals surface area contributed by atoms with Gasteiger partial charge in [0.05, 0.1) is 17.0 Å². The predicted molar refractivity (Wildman–Crippen MR) is 65.9 cm³/mol. The van der Waals surface area contributed by atoms with Gasteiger partial charge in [0.25, 0.3) is 0 Å². The Labute approximate surface area is 91.5 Å². The lowest BCUT2D eigenvalue weighted by atomic mass is 9.79. The van der Waals surface area contributed by atoms with E-state index in [-0.39, 0.29) is 5.54 Å². The first-order valence-corrected chi connectivity index (χ1v) is 5.49. The molecule has 2 rings (SSSR count). The normalized spacial score (nSPS) is 30.9. The highest BCUT2D eigenvalue weighted by atomic mass is 14.9. The maximum Gasteiger partial charge on any atom is 0.0867 e. The van der Waals surface area contributed by atoms with Crippen molar-refractivity contribution in [3.8, 4) is 0 Å². The second kappa shape index (κ2) is 3.44. The summed E-state index contributed by atoms with van der Waals surface area (Å²) in [5, 5.41) is 0. The Morgan fingerprint density at radius 2 is 2.20 bits per heavy atom. The van der Waals surface area contributed by atoms with E-state index in [1.165, 1.54) is 5.57 Å². The lowest BCUT2D eigenvalue weighted by molar-refractivity contribution is 0.407. The molecule has 0 saturated carbocycles. The first-order valence-electron chi connectivity index (χ1n) is 5.49. The van der Waals surface area contributed by atoms with Gasteiger partial charge in [-0.3, -0.25) is 9.98 Å². The zero-order valence-corrected chi connectivity index (χ0v) is 9.91. The fraction of sp³-hybridized carbons (Fsp3) is 0.538. The summed E-state index contributed by atoms with van der Waals surface area (Å²) >= 11 is 0. The first-order chi connectivity index (χ1) is 7.03. The van der Waals surface area contributed by atoms with Gasteiger partial charge in [-0.25, -0.2) is 0 Å². The Hall–Kier alpha value is -1.18. The van der Waals surface area contributed by atoms with Crippen LogP contribution in [0, 0.1) is 5.92 Å². The molecule has 0 bridgehead atoms. The molecule has 1 aliphatic heterocycles. The molecule has 0 saturated heterocycles. The quantitative estimate of drug-likeness (QED) is 0.540. The molecule has 0 spiro atoms. The molecule has 15 heavy (non-hydrogen) atoms. The first kappa shape index (κ1) is 10.3. The second-order valence-corrected chi connectivity index (χ2v) is 4.97. The van der Waals surface area contributed by atoms with Crippen molar-refractivity contribution >= 4 is 11.4 Å². The van der Waals surface area contributed by atoms with Crippen molar-refractivity contribution in [2.45, 2.75) is 32.7 Å². The highest BCUT2D eigenvalue weighted by Crippen LogP contribution is 2.33. The topological polar surface area (TPSA) is 24.7 Å². The van der Waals surface area contributed by atoms with E-state index in [0.717, 1.165) is 17.8 Å². The van der Waals surface area contributed by atoms with Gasteiger partial charge >= 0.3 is 0 Å². The van der Waals surface area contributed by atoms with E-state index in [9.17, 15) is 0 Å². The standard InChI is InChI=1S/C13H18N2/c1-9-8-13(2,3)15-12-10(9)6-5-7-11(12)14-4/h5-7,9H,8H2,1-4H3. The summed E-state index contributed by atoms with van der Waals surface area (Å²) < 4.78 is 0. The molecule has 1 atom stereocenters. The van der Waals surface area contributed by atoms with Crippen molar-refractivity contribution in [3.05, 3.63) is 23.8 Å². The smallest absolute Gasteiger partial charge is 0.0867 e. The lowest BCUT2D eigenvalue weighted by Gasteiger charge is -2.34. The third-order valence-electron chi connectivity index (χ3n) is 3.04. The van der Waals surface area contributed by atoms with E-state index in [4.69, 9.17) is 4.99 Å². The van der Waals surface area contributed by atoms with Crippen LogP contribution in [0.15, 0.2) is 33.8 Å². The van der Waals surface area contributed by atoms with Crippen molar-refractivity contribution in [1.29, 1.82) is 0 Å². The molecule has 1 unspecified atom stereocenters. The summed E-state index contributed by atoms with van der Waals surface area (Å²) in [6, 6.07) is 0. The molecule has 0 amide bonds. The van der Waals surface area contributed by atoms with Gasteiger partial charge in [0.15, 0.2) is 0 Å². The molecular weight excluding hydrogens is 184 g/mol. The lowest BCUT2D eigenvalue weighted by Crippen LogP contribution is -2.35. The van der Waals surface area contributed by atoms with E-state index >= 15 is 0 Å². The Kier molecular flexibility index (Phi) is 2.37. The van der Waals surface area contributed by atoms with Gasteiger partial charge in [-0.1, -0.05) is 19.1 Å². The number of hydrogen-bond donors (Lipinski definition) is 0. The highest BCUT2D eigenvalue weighted by Gasteiger charge is 2.32. The summed E-state index contributed by atoms with van der Waals surface area (Å²) in [5.74, 6) is 0.578. The van der Waals surface area contributed by atoms with Gasteiger partial charge in [0.1, 0.15) is 0 Å². The molecule has 2 heteroatoms. The molecule has 1 heterocycles. The van der Waals surface area contributed by atoms with Crippen LogP contribution in [0.3, 0.4) is 0 Å². The largest absolute Gasteiger partial charge is 0.286 e. The minimum Gasteiger partial charge on any atom is -0.286 e. The fourth-order valence-electron chi connectivity index (χ4n) is 2.46. The van der Waals surface area contributed by atoms with Crippen LogP contribution in [0.1, 0.15) is 27.2 Å². The van der Waals surface area contributed by atoms with Crippen molar-refractivity contribution in [3.63, 3.8) is 0 Å². The van der Waals surface area contributed by atoms with Gasteiger partial charge in [-0.15, -0.1) is 0 Å². The number of aliphatic imine (C=N–C) groups is 2.